The van der Waals surface area contributed by atoms with Crippen molar-refractivity contribution in [3.05, 3.63) is 59.9 Å². The number of nitrogens with zero attached hydrogens (tertiary/aromatic N) is 2. The number of benzene rings is 2. The van der Waals surface area contributed by atoms with Gasteiger partial charge in [0.25, 0.3) is 0 Å². The van der Waals surface area contributed by atoms with Gasteiger partial charge in [-0.2, -0.15) is 0 Å². The van der Waals surface area contributed by atoms with Crippen LogP contribution in [0.15, 0.2) is 48.5 Å². The van der Waals surface area contributed by atoms with Crippen molar-refractivity contribution < 1.29 is 9.18 Å². The molecule has 0 aromatic heterocycles. The molecule has 0 bridgehead atoms. The minimum atomic E-state index is -0.360. The second kappa shape index (κ2) is 6.91. The van der Waals surface area contributed by atoms with Gasteiger partial charge in [0, 0.05) is 31.5 Å². The molecule has 1 N–H and O–H groups in total. The Balaban J connectivity index is 1.86. The Hall–Kier alpha value is -2.56. The van der Waals surface area contributed by atoms with Gasteiger partial charge in [0.05, 0.1) is 6.04 Å². The zero-order valence-electron chi connectivity index (χ0n) is 14.0. The van der Waals surface area contributed by atoms with E-state index < -0.39 is 0 Å². The van der Waals surface area contributed by atoms with Crippen molar-refractivity contribution in [1.29, 1.82) is 0 Å². The number of hydrogen-bond donors (Lipinski definition) is 1. The van der Waals surface area contributed by atoms with Crippen LogP contribution >= 0.6 is 0 Å². The van der Waals surface area contributed by atoms with Crippen molar-refractivity contribution in [3.8, 4) is 0 Å². The lowest BCUT2D eigenvalue weighted by atomic mass is 10.1. The third-order valence-electron chi connectivity index (χ3n) is 4.48. The van der Waals surface area contributed by atoms with E-state index in [9.17, 15) is 9.18 Å². The number of halogens is 1. The monoisotopic (exact) mass is 327 g/mol. The Bertz CT molecular complexity index is 734. The van der Waals surface area contributed by atoms with Crippen LogP contribution in [0.3, 0.4) is 0 Å². The predicted octanol–water partition coefficient (Wildman–Crippen LogP) is 4.09. The standard InChI is InChI=1S/C19H22FN3O/c1-3-17-13-22(2)18-10-5-4-7-14(18)12-23(17)19(24)21-16-9-6-8-15(20)11-16/h4-11,17H,3,12-13H2,1-2H3,(H,21,24)/t17-/m1/s1. The molecule has 0 fully saturated rings. The van der Waals surface area contributed by atoms with Crippen LogP contribution < -0.4 is 10.2 Å². The summed E-state index contributed by atoms with van der Waals surface area (Å²) in [6, 6.07) is 14.0. The van der Waals surface area contributed by atoms with E-state index >= 15 is 0 Å². The molecule has 5 heteroatoms. The fraction of sp³-hybridized carbons (Fsp3) is 0.316. The van der Waals surface area contributed by atoms with Crippen molar-refractivity contribution in [3.63, 3.8) is 0 Å². The molecule has 0 saturated heterocycles. The van der Waals surface area contributed by atoms with Crippen molar-refractivity contribution >= 4 is 17.4 Å². The molecule has 0 radical (unpaired) electrons. The first-order valence-electron chi connectivity index (χ1n) is 8.20. The fourth-order valence-electron chi connectivity index (χ4n) is 3.19. The minimum Gasteiger partial charge on any atom is -0.372 e. The first kappa shape index (κ1) is 16.3. The van der Waals surface area contributed by atoms with Crippen molar-refractivity contribution in [2.24, 2.45) is 0 Å². The maximum atomic E-state index is 13.3. The highest BCUT2D eigenvalue weighted by Gasteiger charge is 2.28. The summed E-state index contributed by atoms with van der Waals surface area (Å²) in [6.45, 7) is 3.39. The summed E-state index contributed by atoms with van der Waals surface area (Å²) in [5.41, 5.74) is 2.74. The van der Waals surface area contributed by atoms with Crippen molar-refractivity contribution in [2.75, 3.05) is 23.8 Å². The maximum Gasteiger partial charge on any atom is 0.322 e. The number of carbonyl (C=O) groups excluding carboxylic acids is 1. The molecule has 4 nitrogen and oxygen atoms in total. The summed E-state index contributed by atoms with van der Waals surface area (Å²) in [5, 5.41) is 2.82. The Kier molecular flexibility index (Phi) is 4.69. The summed E-state index contributed by atoms with van der Waals surface area (Å²) in [6.07, 6.45) is 0.856. The van der Waals surface area contributed by atoms with E-state index in [1.54, 1.807) is 12.1 Å². The summed E-state index contributed by atoms with van der Waals surface area (Å²) < 4.78 is 13.3. The molecule has 2 amide bonds. The second-order valence-corrected chi connectivity index (χ2v) is 6.14. The van der Waals surface area contributed by atoms with Crippen LogP contribution in [0.25, 0.3) is 0 Å². The third kappa shape index (κ3) is 3.35. The highest BCUT2D eigenvalue weighted by atomic mass is 19.1. The average Bonchev–Trinajstić information content (AvgIpc) is 2.72. The number of carbonyl (C=O) groups is 1. The average molecular weight is 327 g/mol. The number of amides is 2. The van der Waals surface area contributed by atoms with E-state index in [2.05, 4.69) is 30.3 Å². The molecule has 24 heavy (non-hydrogen) atoms. The molecule has 1 aliphatic rings. The molecular formula is C19H22FN3O. The van der Waals surface area contributed by atoms with Crippen LogP contribution in [0.5, 0.6) is 0 Å². The number of hydrogen-bond acceptors (Lipinski definition) is 2. The number of rotatable bonds is 2. The van der Waals surface area contributed by atoms with E-state index in [0.717, 1.165) is 24.2 Å². The molecule has 1 atom stereocenters. The second-order valence-electron chi connectivity index (χ2n) is 6.14. The van der Waals surface area contributed by atoms with Crippen molar-refractivity contribution in [2.45, 2.75) is 25.9 Å². The Morgan fingerprint density at radius 3 is 2.79 bits per heavy atom. The summed E-state index contributed by atoms with van der Waals surface area (Å²) in [7, 11) is 2.05. The number of urea groups is 1. The SMILES string of the molecule is CC[C@@H]1CN(C)c2ccccc2CN1C(=O)Nc1cccc(F)c1. The van der Waals surface area contributed by atoms with Gasteiger partial charge in [-0.25, -0.2) is 9.18 Å². The van der Waals surface area contributed by atoms with E-state index in [4.69, 9.17) is 0 Å². The maximum absolute atomic E-state index is 13.3. The summed E-state index contributed by atoms with van der Waals surface area (Å²) in [4.78, 5) is 16.8. The van der Waals surface area contributed by atoms with E-state index in [1.807, 2.05) is 23.1 Å². The zero-order valence-corrected chi connectivity index (χ0v) is 14.0. The molecule has 0 unspecified atom stereocenters. The number of fused-ring (bicyclic) bond motifs is 1. The molecule has 0 spiro atoms. The zero-order chi connectivity index (χ0) is 17.1. The molecular weight excluding hydrogens is 305 g/mol. The lowest BCUT2D eigenvalue weighted by molar-refractivity contribution is 0.185. The van der Waals surface area contributed by atoms with Crippen LogP contribution in [-0.4, -0.2) is 30.6 Å². The molecule has 2 aromatic carbocycles. The van der Waals surface area contributed by atoms with Gasteiger partial charge >= 0.3 is 6.03 Å². The summed E-state index contributed by atoms with van der Waals surface area (Å²) in [5.74, 6) is -0.360. The number of anilines is 2. The first-order chi connectivity index (χ1) is 11.6. The number of likely N-dealkylation sites (N-methyl/N-ethyl adjacent to an activating group) is 1. The Morgan fingerprint density at radius 2 is 2.04 bits per heavy atom. The molecule has 1 aliphatic heterocycles. The van der Waals surface area contributed by atoms with Gasteiger partial charge in [-0.15, -0.1) is 0 Å². The predicted molar refractivity (Wildman–Crippen MR) is 94.8 cm³/mol. The molecule has 0 saturated carbocycles. The van der Waals surface area contributed by atoms with E-state index in [0.29, 0.717) is 12.2 Å². The van der Waals surface area contributed by atoms with Crippen LogP contribution in [0.1, 0.15) is 18.9 Å². The van der Waals surface area contributed by atoms with Crippen molar-refractivity contribution in [1.82, 2.24) is 4.90 Å². The molecule has 3 rings (SSSR count). The first-order valence-corrected chi connectivity index (χ1v) is 8.20. The van der Waals surface area contributed by atoms with Crippen LogP contribution in [0.2, 0.25) is 0 Å². The smallest absolute Gasteiger partial charge is 0.322 e. The fourth-order valence-corrected chi connectivity index (χ4v) is 3.19. The topological polar surface area (TPSA) is 35.6 Å². The van der Waals surface area contributed by atoms with E-state index in [1.165, 1.54) is 12.1 Å². The Labute approximate surface area is 141 Å². The largest absolute Gasteiger partial charge is 0.372 e. The van der Waals surface area contributed by atoms with E-state index in [-0.39, 0.29) is 17.9 Å². The van der Waals surface area contributed by atoms with Gasteiger partial charge in [0.2, 0.25) is 0 Å². The Morgan fingerprint density at radius 1 is 1.25 bits per heavy atom. The molecule has 126 valence electrons. The molecule has 1 heterocycles. The highest BCUT2D eigenvalue weighted by Crippen LogP contribution is 2.27. The third-order valence-corrected chi connectivity index (χ3v) is 4.48. The quantitative estimate of drug-likeness (QED) is 0.902. The van der Waals surface area contributed by atoms with Gasteiger partial charge in [-0.3, -0.25) is 0 Å². The van der Waals surface area contributed by atoms with Gasteiger partial charge in [0.15, 0.2) is 0 Å². The minimum absolute atomic E-state index is 0.0935. The lowest BCUT2D eigenvalue weighted by Crippen LogP contribution is -2.45. The number of nitrogens with one attached hydrogen (secondary N) is 1. The molecule has 2 aromatic rings. The van der Waals surface area contributed by atoms with Crippen LogP contribution in [0.4, 0.5) is 20.6 Å². The lowest BCUT2D eigenvalue weighted by Gasteiger charge is -2.30. The highest BCUT2D eigenvalue weighted by molar-refractivity contribution is 5.89. The van der Waals surface area contributed by atoms with Gasteiger partial charge in [-0.1, -0.05) is 31.2 Å². The van der Waals surface area contributed by atoms with Crippen LogP contribution in [0, 0.1) is 5.82 Å². The van der Waals surface area contributed by atoms with Gasteiger partial charge in [0.1, 0.15) is 5.82 Å². The van der Waals surface area contributed by atoms with Gasteiger partial charge < -0.3 is 15.1 Å². The normalized spacial score (nSPS) is 17.2. The van der Waals surface area contributed by atoms with Gasteiger partial charge in [-0.05, 0) is 36.2 Å². The summed E-state index contributed by atoms with van der Waals surface area (Å²) >= 11 is 0. The number of para-hydroxylation sites is 1. The van der Waals surface area contributed by atoms with Crippen LogP contribution in [-0.2, 0) is 6.54 Å². The molecule has 0 aliphatic carbocycles.